The maximum atomic E-state index is 14.4. The summed E-state index contributed by atoms with van der Waals surface area (Å²) < 4.78 is 0. The average Bonchev–Trinajstić information content (AvgIpc) is 2.84. The van der Waals surface area contributed by atoms with Crippen LogP contribution in [0.15, 0.2) is 11.6 Å². The number of carboxylic acid groups (broad SMARTS) is 1. The second-order valence-electron chi connectivity index (χ2n) is 16.8. The summed E-state index contributed by atoms with van der Waals surface area (Å²) in [5.41, 5.74) is -0.0338. The molecular formula is C34H53NO6. The zero-order valence-electron chi connectivity index (χ0n) is 26.5. The normalized spacial score (nSPS) is 46.5. The zero-order valence-corrected chi connectivity index (χ0v) is 26.5. The highest BCUT2D eigenvalue weighted by Crippen LogP contribution is 2.75. The lowest BCUT2D eigenvalue weighted by molar-refractivity contribution is -0.207. The minimum absolute atomic E-state index is 0.0118. The first-order valence-electron chi connectivity index (χ1n) is 16.0. The second kappa shape index (κ2) is 9.38. The van der Waals surface area contributed by atoms with E-state index in [1.807, 2.05) is 13.0 Å². The van der Waals surface area contributed by atoms with Crippen LogP contribution in [0.3, 0.4) is 0 Å². The minimum atomic E-state index is -1.73. The number of carbonyl (C=O) groups excluding carboxylic acids is 2. The van der Waals surface area contributed by atoms with Crippen molar-refractivity contribution < 1.29 is 29.8 Å². The Morgan fingerprint density at radius 1 is 0.951 bits per heavy atom. The number of hydrogen-bond donors (Lipinski definition) is 3. The lowest BCUT2D eigenvalue weighted by atomic mass is 9.33. The molecule has 0 radical (unpaired) electrons. The van der Waals surface area contributed by atoms with Gasteiger partial charge in [0.2, 0.25) is 0 Å². The van der Waals surface area contributed by atoms with Gasteiger partial charge in [-0.25, -0.2) is 9.86 Å². The fraction of sp³-hybridized carbons (Fsp3) is 0.853. The van der Waals surface area contributed by atoms with Crippen LogP contribution in [-0.2, 0) is 14.4 Å². The van der Waals surface area contributed by atoms with E-state index in [2.05, 4.69) is 41.5 Å². The molecule has 1 amide bonds. The van der Waals surface area contributed by atoms with Gasteiger partial charge in [0.15, 0.2) is 11.8 Å². The fourth-order valence-electron chi connectivity index (χ4n) is 11.4. The summed E-state index contributed by atoms with van der Waals surface area (Å²) in [6.07, 6.45) is 9.99. The predicted molar refractivity (Wildman–Crippen MR) is 156 cm³/mol. The topological polar surface area (TPSA) is 115 Å². The Bertz CT molecular complexity index is 1180. The molecule has 41 heavy (non-hydrogen) atoms. The van der Waals surface area contributed by atoms with Crippen molar-refractivity contribution in [2.45, 2.75) is 132 Å². The maximum Gasteiger partial charge on any atom is 0.331 e. The Hall–Kier alpha value is -1.73. The lowest BCUT2D eigenvalue weighted by Gasteiger charge is -2.70. The quantitative estimate of drug-likeness (QED) is 0.265. The van der Waals surface area contributed by atoms with Crippen LogP contribution in [0.4, 0.5) is 0 Å². The summed E-state index contributed by atoms with van der Waals surface area (Å²) in [6.45, 7) is 17.3. The molecule has 0 spiro atoms. The number of aliphatic carboxylic acids is 1. The van der Waals surface area contributed by atoms with Crippen molar-refractivity contribution in [3.8, 4) is 0 Å². The van der Waals surface area contributed by atoms with Gasteiger partial charge in [-0.05, 0) is 110 Å². The first-order chi connectivity index (χ1) is 18.8. The van der Waals surface area contributed by atoms with Gasteiger partial charge in [0.25, 0.3) is 5.91 Å². The molecule has 5 aliphatic carbocycles. The molecule has 4 fully saturated rings. The highest BCUT2D eigenvalue weighted by molar-refractivity contribution is 5.96. The van der Waals surface area contributed by atoms with Gasteiger partial charge >= 0.3 is 5.97 Å². The molecule has 0 aromatic carbocycles. The van der Waals surface area contributed by atoms with E-state index in [-0.39, 0.29) is 49.8 Å². The molecule has 5 rings (SSSR count). The van der Waals surface area contributed by atoms with Crippen molar-refractivity contribution in [2.24, 2.45) is 50.2 Å². The number of rotatable bonds is 4. The van der Waals surface area contributed by atoms with E-state index < -0.39 is 29.4 Å². The van der Waals surface area contributed by atoms with Crippen LogP contribution in [0.25, 0.3) is 0 Å². The van der Waals surface area contributed by atoms with E-state index in [4.69, 9.17) is 0 Å². The van der Waals surface area contributed by atoms with Gasteiger partial charge in [-0.15, -0.1) is 0 Å². The molecule has 5 aliphatic rings. The summed E-state index contributed by atoms with van der Waals surface area (Å²) in [7, 11) is 0. The Balaban J connectivity index is 1.54. The molecule has 10 atom stereocenters. The summed E-state index contributed by atoms with van der Waals surface area (Å²) >= 11 is 0. The Morgan fingerprint density at radius 3 is 2.20 bits per heavy atom. The van der Waals surface area contributed by atoms with E-state index in [0.717, 1.165) is 44.9 Å². The first-order valence-corrected chi connectivity index (χ1v) is 16.0. The van der Waals surface area contributed by atoms with Crippen LogP contribution < -0.4 is 0 Å². The van der Waals surface area contributed by atoms with Crippen molar-refractivity contribution in [3.05, 3.63) is 11.6 Å². The molecule has 230 valence electrons. The largest absolute Gasteiger partial charge is 0.480 e. The summed E-state index contributed by atoms with van der Waals surface area (Å²) in [5.74, 6) is -1.35. The lowest BCUT2D eigenvalue weighted by Crippen LogP contribution is -2.65. The number of ketones is 1. The van der Waals surface area contributed by atoms with E-state index in [0.29, 0.717) is 18.8 Å². The molecule has 0 aromatic rings. The number of aliphatic hydroxyl groups is 1. The molecule has 4 saturated carbocycles. The molecule has 0 heterocycles. The number of nitrogens with zero attached hydrogens (tertiary/aromatic N) is 1. The SMILES string of the molecule is C[C@@H](O)[C@@H](C(=O)O)N(O)C(=O)C1(C)CC[C@]2(C)CC[C@]3(C)C(=CC(=O)C4[C@@]5(C)CCCC(C)(C)C5CC[C@]43C)[C@@H]2C1. The zero-order chi connectivity index (χ0) is 30.6. The highest BCUT2D eigenvalue weighted by atomic mass is 16.5. The third-order valence-corrected chi connectivity index (χ3v) is 14.0. The van der Waals surface area contributed by atoms with E-state index in [9.17, 15) is 29.8 Å². The van der Waals surface area contributed by atoms with Crippen LogP contribution in [0.2, 0.25) is 0 Å². The van der Waals surface area contributed by atoms with Crippen molar-refractivity contribution >= 4 is 17.7 Å². The van der Waals surface area contributed by atoms with Gasteiger partial charge in [0, 0.05) is 11.3 Å². The number of amides is 1. The van der Waals surface area contributed by atoms with Gasteiger partial charge in [0.1, 0.15) is 0 Å². The van der Waals surface area contributed by atoms with Crippen LogP contribution in [0, 0.1) is 50.2 Å². The van der Waals surface area contributed by atoms with Gasteiger partial charge in [0.05, 0.1) is 6.10 Å². The summed E-state index contributed by atoms with van der Waals surface area (Å²) in [4.78, 5) is 40.0. The fourth-order valence-corrected chi connectivity index (χ4v) is 11.4. The first kappa shape index (κ1) is 30.7. The van der Waals surface area contributed by atoms with Gasteiger partial charge in [-0.1, -0.05) is 60.5 Å². The molecule has 7 nitrogen and oxygen atoms in total. The van der Waals surface area contributed by atoms with Crippen LogP contribution in [-0.4, -0.2) is 50.3 Å². The van der Waals surface area contributed by atoms with Crippen LogP contribution in [0.5, 0.6) is 0 Å². The Morgan fingerprint density at radius 2 is 1.59 bits per heavy atom. The predicted octanol–water partition coefficient (Wildman–Crippen LogP) is 6.41. The molecule has 3 N–H and O–H groups in total. The second-order valence-corrected chi connectivity index (χ2v) is 16.8. The monoisotopic (exact) mass is 571 g/mol. The van der Waals surface area contributed by atoms with E-state index in [1.54, 1.807) is 0 Å². The van der Waals surface area contributed by atoms with Crippen LogP contribution >= 0.6 is 0 Å². The summed E-state index contributed by atoms with van der Waals surface area (Å²) in [5, 5.41) is 30.7. The minimum Gasteiger partial charge on any atom is -0.480 e. The third-order valence-electron chi connectivity index (χ3n) is 14.0. The van der Waals surface area contributed by atoms with E-state index >= 15 is 0 Å². The number of carbonyl (C=O) groups is 3. The van der Waals surface area contributed by atoms with Gasteiger partial charge in [-0.3, -0.25) is 14.8 Å². The smallest absolute Gasteiger partial charge is 0.331 e. The molecule has 3 unspecified atom stereocenters. The number of fused-ring (bicyclic) bond motifs is 7. The molecule has 0 saturated heterocycles. The van der Waals surface area contributed by atoms with Crippen molar-refractivity contribution in [3.63, 3.8) is 0 Å². The van der Waals surface area contributed by atoms with Crippen molar-refractivity contribution in [1.29, 1.82) is 0 Å². The third kappa shape index (κ3) is 4.14. The number of hydrogen-bond acceptors (Lipinski definition) is 5. The van der Waals surface area contributed by atoms with Crippen LogP contribution in [0.1, 0.15) is 120 Å². The molecule has 0 aliphatic heterocycles. The van der Waals surface area contributed by atoms with Gasteiger partial charge in [-0.2, -0.15) is 0 Å². The van der Waals surface area contributed by atoms with E-state index in [1.165, 1.54) is 18.9 Å². The van der Waals surface area contributed by atoms with Crippen molar-refractivity contribution in [2.75, 3.05) is 0 Å². The maximum absolute atomic E-state index is 14.4. The number of allylic oxidation sites excluding steroid dienone is 2. The molecular weight excluding hydrogens is 518 g/mol. The van der Waals surface area contributed by atoms with Gasteiger partial charge < -0.3 is 10.2 Å². The number of aliphatic hydroxyl groups excluding tert-OH is 1. The molecule has 0 bridgehead atoms. The molecule has 7 heteroatoms. The standard InChI is InChI=1S/C34H53NO6/c1-20(36)25(27(38)39)35(41)28(40)31(5)15-14-30(4)16-17-33(7)21(22(30)19-31)18-23(37)26-32(6)12-9-11-29(2,3)24(32)10-13-34(26,33)8/h18,20,22,24-26,36,41H,9-17,19H2,1-8H3,(H,38,39)/t20-,22+,24?,25+,26?,30-,31?,32+,33-,34-/m1/s1. The number of hydroxylamine groups is 2. The summed E-state index contributed by atoms with van der Waals surface area (Å²) in [6, 6.07) is -1.73. The Labute approximate surface area is 246 Å². The average molecular weight is 572 g/mol. The molecule has 0 aromatic heterocycles. The van der Waals surface area contributed by atoms with Crippen molar-refractivity contribution in [1.82, 2.24) is 5.06 Å². The number of carboxylic acids is 1. The Kier molecular flexibility index (Phi) is 7.03. The highest BCUT2D eigenvalue weighted by Gasteiger charge is 2.69.